The highest BCUT2D eigenvalue weighted by atomic mass is 15.6. The predicted molar refractivity (Wildman–Crippen MR) is 77.8 cm³/mol. The molecule has 6 nitrogen and oxygen atoms in total. The quantitative estimate of drug-likeness (QED) is 0.909. The van der Waals surface area contributed by atoms with Crippen molar-refractivity contribution >= 4 is 5.95 Å². The minimum absolute atomic E-state index is 0.252. The molecule has 0 radical (unpaired) electrons. The van der Waals surface area contributed by atoms with Crippen LogP contribution >= 0.6 is 0 Å². The van der Waals surface area contributed by atoms with Crippen molar-refractivity contribution in [3.05, 3.63) is 30.3 Å². The van der Waals surface area contributed by atoms with E-state index in [4.69, 9.17) is 5.73 Å². The minimum Gasteiger partial charge on any atom is -0.339 e. The number of rotatable bonds is 3. The van der Waals surface area contributed by atoms with E-state index in [-0.39, 0.29) is 5.41 Å². The highest BCUT2D eigenvalue weighted by Gasteiger charge is 2.30. The van der Waals surface area contributed by atoms with Crippen LogP contribution in [-0.4, -0.2) is 39.8 Å². The molecule has 1 aliphatic rings. The molecule has 1 saturated heterocycles. The van der Waals surface area contributed by atoms with Gasteiger partial charge in [-0.1, -0.05) is 30.2 Å². The molecule has 2 N–H and O–H groups in total. The molecule has 0 amide bonds. The van der Waals surface area contributed by atoms with Gasteiger partial charge in [-0.25, -0.2) is 0 Å². The zero-order chi connectivity index (χ0) is 14.0. The number of hydrogen-bond donors (Lipinski definition) is 1. The van der Waals surface area contributed by atoms with Gasteiger partial charge in [0.1, 0.15) is 0 Å². The highest BCUT2D eigenvalue weighted by molar-refractivity contribution is 5.40. The zero-order valence-electron chi connectivity index (χ0n) is 11.7. The van der Waals surface area contributed by atoms with Crippen LogP contribution in [-0.2, 0) is 0 Å². The van der Waals surface area contributed by atoms with Crippen LogP contribution in [0.25, 0.3) is 5.69 Å². The van der Waals surface area contributed by atoms with Gasteiger partial charge in [0.15, 0.2) is 0 Å². The molecule has 0 unspecified atom stereocenters. The molecule has 0 spiro atoms. The van der Waals surface area contributed by atoms with Gasteiger partial charge >= 0.3 is 0 Å². The molecule has 0 atom stereocenters. The standard InChI is InChI=1S/C14H20N6/c1-14(11-15)7-9-19(10-8-14)13-16-17-18-20(13)12-5-3-2-4-6-12/h2-6H,7-11,15H2,1H3. The molecule has 1 aromatic heterocycles. The summed E-state index contributed by atoms with van der Waals surface area (Å²) in [6.45, 7) is 4.89. The van der Waals surface area contributed by atoms with Crippen LogP contribution in [0.15, 0.2) is 30.3 Å². The Labute approximate surface area is 118 Å². The molecule has 2 heterocycles. The molecule has 20 heavy (non-hydrogen) atoms. The number of para-hydroxylation sites is 1. The lowest BCUT2D eigenvalue weighted by Crippen LogP contribution is -2.43. The van der Waals surface area contributed by atoms with Crippen molar-refractivity contribution in [1.82, 2.24) is 20.2 Å². The molecule has 6 heteroatoms. The zero-order valence-corrected chi connectivity index (χ0v) is 11.7. The van der Waals surface area contributed by atoms with E-state index in [1.54, 1.807) is 4.68 Å². The Morgan fingerprint density at radius 2 is 1.90 bits per heavy atom. The summed E-state index contributed by atoms with van der Waals surface area (Å²) in [5.41, 5.74) is 7.10. The fourth-order valence-electron chi connectivity index (χ4n) is 2.57. The van der Waals surface area contributed by atoms with E-state index in [1.807, 2.05) is 30.3 Å². The number of anilines is 1. The maximum atomic E-state index is 5.86. The van der Waals surface area contributed by atoms with Crippen molar-refractivity contribution in [1.29, 1.82) is 0 Å². The van der Waals surface area contributed by atoms with Crippen molar-refractivity contribution in [2.24, 2.45) is 11.1 Å². The van der Waals surface area contributed by atoms with Crippen molar-refractivity contribution in [2.75, 3.05) is 24.5 Å². The van der Waals surface area contributed by atoms with Gasteiger partial charge in [-0.3, -0.25) is 0 Å². The summed E-state index contributed by atoms with van der Waals surface area (Å²) in [6, 6.07) is 9.98. The Hall–Kier alpha value is -1.95. The Morgan fingerprint density at radius 1 is 1.20 bits per heavy atom. The van der Waals surface area contributed by atoms with Gasteiger partial charge in [0.25, 0.3) is 0 Å². The third-order valence-corrected chi connectivity index (χ3v) is 4.20. The van der Waals surface area contributed by atoms with E-state index < -0.39 is 0 Å². The number of hydrogen-bond acceptors (Lipinski definition) is 5. The molecule has 0 aliphatic carbocycles. The van der Waals surface area contributed by atoms with Crippen LogP contribution in [0.5, 0.6) is 0 Å². The van der Waals surface area contributed by atoms with E-state index >= 15 is 0 Å². The molecular formula is C14H20N6. The van der Waals surface area contributed by atoms with E-state index in [1.165, 1.54) is 0 Å². The van der Waals surface area contributed by atoms with Crippen LogP contribution < -0.4 is 10.6 Å². The van der Waals surface area contributed by atoms with E-state index in [0.717, 1.165) is 44.1 Å². The molecular weight excluding hydrogens is 252 g/mol. The fraction of sp³-hybridized carbons (Fsp3) is 0.500. The summed E-state index contributed by atoms with van der Waals surface area (Å²) < 4.78 is 1.80. The van der Waals surface area contributed by atoms with Gasteiger partial charge in [0.2, 0.25) is 5.95 Å². The summed E-state index contributed by atoms with van der Waals surface area (Å²) in [5.74, 6) is 0.815. The second kappa shape index (κ2) is 5.20. The van der Waals surface area contributed by atoms with Crippen molar-refractivity contribution in [3.63, 3.8) is 0 Å². The predicted octanol–water partition coefficient (Wildman–Crippen LogP) is 1.23. The Balaban J connectivity index is 1.82. The van der Waals surface area contributed by atoms with Gasteiger partial charge in [-0.2, -0.15) is 4.68 Å². The summed E-state index contributed by atoms with van der Waals surface area (Å²) in [6.07, 6.45) is 2.15. The largest absolute Gasteiger partial charge is 0.339 e. The van der Waals surface area contributed by atoms with E-state index in [0.29, 0.717) is 0 Å². The first-order valence-corrected chi connectivity index (χ1v) is 7.01. The van der Waals surface area contributed by atoms with Crippen molar-refractivity contribution < 1.29 is 0 Å². The van der Waals surface area contributed by atoms with Crippen LogP contribution in [0.4, 0.5) is 5.95 Å². The summed E-state index contributed by atoms with van der Waals surface area (Å²) in [4.78, 5) is 2.24. The normalized spacial score (nSPS) is 18.2. The topological polar surface area (TPSA) is 72.9 Å². The molecule has 1 fully saturated rings. The first-order valence-electron chi connectivity index (χ1n) is 7.01. The third-order valence-electron chi connectivity index (χ3n) is 4.20. The van der Waals surface area contributed by atoms with Crippen molar-refractivity contribution in [2.45, 2.75) is 19.8 Å². The van der Waals surface area contributed by atoms with Crippen LogP contribution in [0.3, 0.4) is 0 Å². The lowest BCUT2D eigenvalue weighted by molar-refractivity contribution is 0.257. The average molecular weight is 272 g/mol. The second-order valence-electron chi connectivity index (χ2n) is 5.73. The number of aromatic nitrogens is 4. The number of tetrazole rings is 1. The molecule has 0 saturated carbocycles. The number of piperidine rings is 1. The number of nitrogens with zero attached hydrogens (tertiary/aromatic N) is 5. The van der Waals surface area contributed by atoms with Gasteiger partial charge in [-0.15, -0.1) is 0 Å². The molecule has 1 aliphatic heterocycles. The van der Waals surface area contributed by atoms with Crippen molar-refractivity contribution in [3.8, 4) is 5.69 Å². The minimum atomic E-state index is 0.252. The van der Waals surface area contributed by atoms with Gasteiger partial charge in [-0.05, 0) is 47.4 Å². The monoisotopic (exact) mass is 272 g/mol. The lowest BCUT2D eigenvalue weighted by atomic mass is 9.81. The lowest BCUT2D eigenvalue weighted by Gasteiger charge is -2.38. The van der Waals surface area contributed by atoms with Crippen LogP contribution in [0, 0.1) is 5.41 Å². The Bertz CT molecular complexity index is 556. The molecule has 0 bridgehead atoms. The first-order chi connectivity index (χ1) is 9.72. The van der Waals surface area contributed by atoms with E-state index in [9.17, 15) is 0 Å². The maximum Gasteiger partial charge on any atom is 0.250 e. The third kappa shape index (κ3) is 2.38. The fourth-order valence-corrected chi connectivity index (χ4v) is 2.57. The molecule has 3 rings (SSSR count). The summed E-state index contributed by atoms with van der Waals surface area (Å²) in [5, 5.41) is 12.1. The van der Waals surface area contributed by atoms with Gasteiger partial charge < -0.3 is 10.6 Å². The van der Waals surface area contributed by atoms with E-state index in [2.05, 4.69) is 27.3 Å². The number of nitrogens with two attached hydrogens (primary N) is 1. The first kappa shape index (κ1) is 13.1. The molecule has 106 valence electrons. The molecule has 2 aromatic rings. The number of benzene rings is 1. The average Bonchev–Trinajstić information content (AvgIpc) is 2.98. The SMILES string of the molecule is CC1(CN)CCN(c2nnnn2-c2ccccc2)CC1. The van der Waals surface area contributed by atoms with Crippen LogP contribution in [0.1, 0.15) is 19.8 Å². The van der Waals surface area contributed by atoms with Crippen LogP contribution in [0.2, 0.25) is 0 Å². The Morgan fingerprint density at radius 3 is 2.55 bits per heavy atom. The summed E-state index contributed by atoms with van der Waals surface area (Å²) in [7, 11) is 0. The van der Waals surface area contributed by atoms with Gasteiger partial charge in [0.05, 0.1) is 5.69 Å². The second-order valence-corrected chi connectivity index (χ2v) is 5.73. The smallest absolute Gasteiger partial charge is 0.250 e. The maximum absolute atomic E-state index is 5.86. The summed E-state index contributed by atoms with van der Waals surface area (Å²) >= 11 is 0. The highest BCUT2D eigenvalue weighted by Crippen LogP contribution is 2.31. The molecule has 1 aromatic carbocycles. The van der Waals surface area contributed by atoms with Gasteiger partial charge in [0, 0.05) is 13.1 Å². The Kier molecular flexibility index (Phi) is 3.40.